The number of amides is 3. The Morgan fingerprint density at radius 3 is 2.55 bits per heavy atom. The maximum atomic E-state index is 14.5. The van der Waals surface area contributed by atoms with Gasteiger partial charge in [-0.25, -0.2) is 4.79 Å². The molecule has 0 unspecified atom stereocenters. The number of hydrogen-bond donors (Lipinski definition) is 3. The molecule has 3 N–H and O–H groups in total. The highest BCUT2D eigenvalue weighted by atomic mass is 16.5. The molecule has 4 aromatic rings. The average molecular weight is 697 g/mol. The molecule has 0 radical (unpaired) electrons. The van der Waals surface area contributed by atoms with Gasteiger partial charge in [-0.15, -0.1) is 0 Å². The van der Waals surface area contributed by atoms with Gasteiger partial charge >= 0.3 is 6.03 Å². The van der Waals surface area contributed by atoms with E-state index in [4.69, 9.17) is 14.2 Å². The SMILES string of the molecule is COc1ccc(CN(C)C[C@H]2OCCCC[C@@H](C)Oc3ccc(NC(=O)Nc4cccc5ccccc45)cc3C(=O)N([C@@H](C)CO)C[C@H]2C)cc1. The van der Waals surface area contributed by atoms with Crippen molar-refractivity contribution in [1.29, 1.82) is 0 Å². The van der Waals surface area contributed by atoms with Crippen molar-refractivity contribution in [3.63, 3.8) is 0 Å². The number of hydrogen-bond acceptors (Lipinski definition) is 7. The maximum Gasteiger partial charge on any atom is 0.323 e. The first-order valence-corrected chi connectivity index (χ1v) is 17.9. The standard InChI is InChI=1S/C41H52N4O6/c1-28-24-45(29(2)27-46)40(47)36-23-33(42-41(48)43-37-15-10-13-32-12-6-7-14-35(32)37)18-21-38(36)51-30(3)11-8-9-22-50-39(28)26-44(4)25-31-16-19-34(49-5)20-17-31/h6-7,10,12-21,23,28-30,39,46H,8-9,11,22,24-27H2,1-5H3,(H2,42,43,48)/t28-,29+,30-,39-/m1/s1. The highest BCUT2D eigenvalue weighted by Gasteiger charge is 2.30. The molecule has 4 aromatic carbocycles. The van der Waals surface area contributed by atoms with Crippen LogP contribution in [0.1, 0.15) is 56.0 Å². The van der Waals surface area contributed by atoms with Gasteiger partial charge in [0.05, 0.1) is 43.2 Å². The van der Waals surface area contributed by atoms with E-state index >= 15 is 0 Å². The Morgan fingerprint density at radius 2 is 1.78 bits per heavy atom. The number of nitrogens with one attached hydrogen (secondary N) is 2. The second-order valence-electron chi connectivity index (χ2n) is 13.7. The van der Waals surface area contributed by atoms with Crippen molar-refractivity contribution >= 4 is 34.1 Å². The summed E-state index contributed by atoms with van der Waals surface area (Å²) in [5, 5.41) is 18.1. The van der Waals surface area contributed by atoms with E-state index in [1.165, 1.54) is 5.56 Å². The van der Waals surface area contributed by atoms with Gasteiger partial charge in [0.15, 0.2) is 0 Å². The van der Waals surface area contributed by atoms with Crippen LogP contribution in [0.3, 0.4) is 0 Å². The zero-order chi connectivity index (χ0) is 36.3. The normalized spacial score (nSPS) is 19.5. The third-order valence-electron chi connectivity index (χ3n) is 9.45. The fraction of sp³-hybridized carbons (Fsp3) is 0.415. The lowest BCUT2D eigenvalue weighted by Gasteiger charge is -2.36. The number of anilines is 2. The van der Waals surface area contributed by atoms with Crippen molar-refractivity contribution in [2.75, 3.05) is 51.1 Å². The lowest BCUT2D eigenvalue weighted by atomic mass is 10.0. The molecule has 4 atom stereocenters. The molecule has 51 heavy (non-hydrogen) atoms. The Hall–Kier alpha value is -4.64. The van der Waals surface area contributed by atoms with Crippen LogP contribution in [0.2, 0.25) is 0 Å². The summed E-state index contributed by atoms with van der Waals surface area (Å²) >= 11 is 0. The van der Waals surface area contributed by atoms with Crippen molar-refractivity contribution in [3.05, 3.63) is 96.1 Å². The quantitative estimate of drug-likeness (QED) is 0.167. The van der Waals surface area contributed by atoms with Gasteiger partial charge in [-0.1, -0.05) is 55.5 Å². The van der Waals surface area contributed by atoms with Gasteiger partial charge in [0.25, 0.3) is 5.91 Å². The number of likely N-dealkylation sites (N-methyl/N-ethyl adjacent to an activating group) is 1. The van der Waals surface area contributed by atoms with E-state index in [1.807, 2.05) is 68.4 Å². The van der Waals surface area contributed by atoms with E-state index < -0.39 is 12.1 Å². The molecule has 0 aliphatic carbocycles. The van der Waals surface area contributed by atoms with Crippen LogP contribution in [0.4, 0.5) is 16.2 Å². The Bertz CT molecular complexity index is 1740. The minimum Gasteiger partial charge on any atom is -0.497 e. The Labute approximate surface area is 301 Å². The third-order valence-corrected chi connectivity index (χ3v) is 9.45. The van der Waals surface area contributed by atoms with Crippen LogP contribution in [0.25, 0.3) is 10.8 Å². The number of nitrogens with zero attached hydrogens (tertiary/aromatic N) is 2. The molecule has 3 amide bonds. The molecule has 5 rings (SSSR count). The number of carbonyl (C=O) groups excluding carboxylic acids is 2. The number of fused-ring (bicyclic) bond motifs is 2. The molecule has 1 heterocycles. The summed E-state index contributed by atoms with van der Waals surface area (Å²) < 4.78 is 18.2. The fourth-order valence-corrected chi connectivity index (χ4v) is 6.50. The molecule has 0 spiro atoms. The van der Waals surface area contributed by atoms with E-state index in [-0.39, 0.29) is 30.6 Å². The van der Waals surface area contributed by atoms with E-state index in [0.717, 1.165) is 42.3 Å². The smallest absolute Gasteiger partial charge is 0.323 e. The molecule has 0 saturated carbocycles. The van der Waals surface area contributed by atoms with Gasteiger partial charge in [0.2, 0.25) is 0 Å². The van der Waals surface area contributed by atoms with Crippen molar-refractivity contribution in [2.24, 2.45) is 5.92 Å². The summed E-state index contributed by atoms with van der Waals surface area (Å²) in [6.07, 6.45) is 2.28. The molecule has 10 nitrogen and oxygen atoms in total. The molecular weight excluding hydrogens is 644 g/mol. The van der Waals surface area contributed by atoms with E-state index in [9.17, 15) is 14.7 Å². The predicted molar refractivity (Wildman–Crippen MR) is 203 cm³/mol. The highest BCUT2D eigenvalue weighted by molar-refractivity contribution is 6.07. The molecule has 0 fully saturated rings. The molecule has 272 valence electrons. The van der Waals surface area contributed by atoms with Crippen LogP contribution in [-0.2, 0) is 11.3 Å². The van der Waals surface area contributed by atoms with Crippen LogP contribution >= 0.6 is 0 Å². The zero-order valence-electron chi connectivity index (χ0n) is 30.4. The first kappa shape index (κ1) is 37.6. The second-order valence-corrected chi connectivity index (χ2v) is 13.7. The van der Waals surface area contributed by atoms with Crippen LogP contribution in [0.5, 0.6) is 11.5 Å². The summed E-state index contributed by atoms with van der Waals surface area (Å²) in [7, 11) is 3.74. The van der Waals surface area contributed by atoms with E-state index in [1.54, 1.807) is 30.2 Å². The van der Waals surface area contributed by atoms with E-state index in [0.29, 0.717) is 42.4 Å². The Balaban J connectivity index is 1.37. The monoisotopic (exact) mass is 696 g/mol. The Kier molecular flexibility index (Phi) is 13.3. The fourth-order valence-electron chi connectivity index (χ4n) is 6.50. The van der Waals surface area contributed by atoms with Gasteiger partial charge in [-0.2, -0.15) is 0 Å². The van der Waals surface area contributed by atoms with Crippen LogP contribution in [0.15, 0.2) is 84.9 Å². The topological polar surface area (TPSA) is 113 Å². The number of ether oxygens (including phenoxy) is 3. The number of carbonyl (C=O) groups is 2. The number of urea groups is 1. The number of benzene rings is 4. The zero-order valence-corrected chi connectivity index (χ0v) is 30.4. The lowest BCUT2D eigenvalue weighted by Crippen LogP contribution is -2.47. The first-order chi connectivity index (χ1) is 24.6. The molecule has 0 saturated heterocycles. The highest BCUT2D eigenvalue weighted by Crippen LogP contribution is 2.29. The van der Waals surface area contributed by atoms with Gasteiger partial charge in [-0.05, 0) is 87.5 Å². The Morgan fingerprint density at radius 1 is 1.02 bits per heavy atom. The molecule has 0 aromatic heterocycles. The van der Waals surface area contributed by atoms with Crippen molar-refractivity contribution in [3.8, 4) is 11.5 Å². The van der Waals surface area contributed by atoms with Gasteiger partial charge in [0, 0.05) is 43.2 Å². The number of rotatable bonds is 9. The average Bonchev–Trinajstić information content (AvgIpc) is 3.13. The van der Waals surface area contributed by atoms with Gasteiger partial charge in [-0.3, -0.25) is 9.69 Å². The van der Waals surface area contributed by atoms with Crippen LogP contribution < -0.4 is 20.1 Å². The first-order valence-electron chi connectivity index (χ1n) is 17.9. The molecule has 10 heteroatoms. The third kappa shape index (κ3) is 10.2. The van der Waals surface area contributed by atoms with Crippen LogP contribution in [0, 0.1) is 5.92 Å². The van der Waals surface area contributed by atoms with Crippen molar-refractivity contribution < 1.29 is 28.9 Å². The van der Waals surface area contributed by atoms with E-state index in [2.05, 4.69) is 41.6 Å². The summed E-state index contributed by atoms with van der Waals surface area (Å²) in [5.74, 6) is 0.923. The number of aliphatic hydroxyl groups is 1. The summed E-state index contributed by atoms with van der Waals surface area (Å²) in [4.78, 5) is 31.7. The largest absolute Gasteiger partial charge is 0.497 e. The molecule has 1 aliphatic rings. The van der Waals surface area contributed by atoms with Crippen LogP contribution in [-0.4, -0.2) is 85.6 Å². The number of aliphatic hydroxyl groups excluding tert-OH is 1. The molecule has 0 bridgehead atoms. The minimum absolute atomic E-state index is 0.0553. The summed E-state index contributed by atoms with van der Waals surface area (Å²) in [6.45, 7) is 8.08. The second kappa shape index (κ2) is 18.0. The summed E-state index contributed by atoms with van der Waals surface area (Å²) in [6, 6.07) is 25.9. The molecular formula is C41H52N4O6. The summed E-state index contributed by atoms with van der Waals surface area (Å²) in [5.41, 5.74) is 2.62. The minimum atomic E-state index is -0.470. The van der Waals surface area contributed by atoms with Crippen molar-refractivity contribution in [2.45, 2.75) is 64.8 Å². The lowest BCUT2D eigenvalue weighted by molar-refractivity contribution is -0.0177. The number of methoxy groups -OCH3 is 1. The van der Waals surface area contributed by atoms with Gasteiger partial charge < -0.3 is 34.9 Å². The predicted octanol–water partition coefficient (Wildman–Crippen LogP) is 7.42. The van der Waals surface area contributed by atoms with Gasteiger partial charge in [0.1, 0.15) is 11.5 Å². The van der Waals surface area contributed by atoms with Crippen molar-refractivity contribution in [1.82, 2.24) is 9.80 Å². The molecule has 1 aliphatic heterocycles. The maximum absolute atomic E-state index is 14.5.